The summed E-state index contributed by atoms with van der Waals surface area (Å²) < 4.78 is 0. The third kappa shape index (κ3) is 2.16. The van der Waals surface area contributed by atoms with Gasteiger partial charge in [-0.15, -0.1) is 0 Å². The van der Waals surface area contributed by atoms with E-state index in [1.54, 1.807) is 12.1 Å². The van der Waals surface area contributed by atoms with Crippen LogP contribution in [0, 0.1) is 11.8 Å². The summed E-state index contributed by atoms with van der Waals surface area (Å²) in [6, 6.07) is 5.83. The normalized spacial score (nSPS) is 32.2. The SMILES string of the molecule is O=C([O-])c1ccc2c(c1)[C@H]1C=CC[C@H]1[C@H]([C@H]1CC=CCC1)N2. The zero-order chi connectivity index (χ0) is 15.1. The molecule has 1 aromatic carbocycles. The number of carbonyl (C=O) groups is 1. The van der Waals surface area contributed by atoms with E-state index in [-0.39, 0.29) is 5.56 Å². The highest BCUT2D eigenvalue weighted by molar-refractivity contribution is 5.87. The Morgan fingerprint density at radius 3 is 2.86 bits per heavy atom. The van der Waals surface area contributed by atoms with E-state index < -0.39 is 5.97 Å². The second-order valence-corrected chi connectivity index (χ2v) is 6.66. The molecule has 0 bridgehead atoms. The zero-order valence-electron chi connectivity index (χ0n) is 12.5. The first-order valence-corrected chi connectivity index (χ1v) is 8.17. The van der Waals surface area contributed by atoms with Crippen molar-refractivity contribution in [1.29, 1.82) is 0 Å². The summed E-state index contributed by atoms with van der Waals surface area (Å²) >= 11 is 0. The minimum absolute atomic E-state index is 0.277. The lowest BCUT2D eigenvalue weighted by molar-refractivity contribution is -0.255. The molecule has 0 fully saturated rings. The maximum Gasteiger partial charge on any atom is 0.0715 e. The summed E-state index contributed by atoms with van der Waals surface area (Å²) in [5.74, 6) is 0.458. The summed E-state index contributed by atoms with van der Waals surface area (Å²) in [5, 5.41) is 14.9. The lowest BCUT2D eigenvalue weighted by Crippen LogP contribution is -2.42. The Bertz CT molecular complexity index is 661. The molecule has 0 saturated heterocycles. The molecule has 0 spiro atoms. The smallest absolute Gasteiger partial charge is 0.0715 e. The summed E-state index contributed by atoms with van der Waals surface area (Å²) in [4.78, 5) is 11.1. The van der Waals surface area contributed by atoms with Crippen molar-refractivity contribution in [2.45, 2.75) is 37.6 Å². The van der Waals surface area contributed by atoms with Gasteiger partial charge in [-0.05, 0) is 60.8 Å². The average Bonchev–Trinajstić information content (AvgIpc) is 3.04. The lowest BCUT2D eigenvalue weighted by Gasteiger charge is -2.42. The van der Waals surface area contributed by atoms with Crippen molar-refractivity contribution in [2.75, 3.05) is 5.32 Å². The second-order valence-electron chi connectivity index (χ2n) is 6.66. The summed E-state index contributed by atoms with van der Waals surface area (Å²) in [5.41, 5.74) is 2.49. The van der Waals surface area contributed by atoms with Gasteiger partial charge in [-0.1, -0.05) is 30.4 Å². The van der Waals surface area contributed by atoms with Gasteiger partial charge in [-0.2, -0.15) is 0 Å². The van der Waals surface area contributed by atoms with E-state index >= 15 is 0 Å². The molecule has 0 radical (unpaired) electrons. The topological polar surface area (TPSA) is 52.2 Å². The van der Waals surface area contributed by atoms with Gasteiger partial charge in [0.1, 0.15) is 0 Å². The number of hydrogen-bond acceptors (Lipinski definition) is 3. The summed E-state index contributed by atoms with van der Waals surface area (Å²) in [6.07, 6.45) is 13.7. The number of allylic oxidation sites excluding steroid dienone is 4. The van der Waals surface area contributed by atoms with Crippen LogP contribution in [0.15, 0.2) is 42.5 Å². The number of anilines is 1. The molecule has 0 saturated carbocycles. The Hall–Kier alpha value is -2.03. The number of nitrogens with one attached hydrogen (secondary N) is 1. The highest BCUT2D eigenvalue weighted by Gasteiger charge is 2.40. The van der Waals surface area contributed by atoms with Crippen LogP contribution in [0.1, 0.15) is 47.5 Å². The molecule has 3 heteroatoms. The van der Waals surface area contributed by atoms with Gasteiger partial charge in [0.25, 0.3) is 0 Å². The highest BCUT2D eigenvalue weighted by Crippen LogP contribution is 2.47. The third-order valence-electron chi connectivity index (χ3n) is 5.46. The molecule has 1 aliphatic heterocycles. The fourth-order valence-electron chi connectivity index (χ4n) is 4.37. The van der Waals surface area contributed by atoms with Gasteiger partial charge in [0.15, 0.2) is 0 Å². The number of benzene rings is 1. The Morgan fingerprint density at radius 1 is 1.18 bits per heavy atom. The molecule has 1 heterocycles. The molecule has 4 rings (SSSR count). The second kappa shape index (κ2) is 5.31. The van der Waals surface area contributed by atoms with Gasteiger partial charge in [0.05, 0.1) is 5.97 Å². The molecular formula is C19H20NO2-. The lowest BCUT2D eigenvalue weighted by atomic mass is 9.72. The summed E-state index contributed by atoms with van der Waals surface area (Å²) in [7, 11) is 0. The Balaban J connectivity index is 1.70. The number of aromatic carboxylic acids is 1. The molecule has 4 atom stereocenters. The maximum atomic E-state index is 11.1. The third-order valence-corrected chi connectivity index (χ3v) is 5.46. The molecule has 114 valence electrons. The van der Waals surface area contributed by atoms with Crippen molar-refractivity contribution in [3.05, 3.63) is 53.6 Å². The minimum Gasteiger partial charge on any atom is -0.545 e. The van der Waals surface area contributed by atoms with Crippen molar-refractivity contribution in [3.8, 4) is 0 Å². The molecule has 3 nitrogen and oxygen atoms in total. The van der Waals surface area contributed by atoms with Crippen molar-refractivity contribution < 1.29 is 9.90 Å². The molecule has 0 amide bonds. The Labute approximate surface area is 130 Å². The van der Waals surface area contributed by atoms with E-state index in [4.69, 9.17) is 0 Å². The largest absolute Gasteiger partial charge is 0.545 e. The minimum atomic E-state index is -1.10. The first-order chi connectivity index (χ1) is 10.7. The molecule has 22 heavy (non-hydrogen) atoms. The Morgan fingerprint density at radius 2 is 2.09 bits per heavy atom. The Kier molecular flexibility index (Phi) is 3.29. The first kappa shape index (κ1) is 13.6. The van der Waals surface area contributed by atoms with Crippen molar-refractivity contribution >= 4 is 11.7 Å². The van der Waals surface area contributed by atoms with Gasteiger partial charge in [0, 0.05) is 17.6 Å². The number of carboxylic acid groups (broad SMARTS) is 1. The van der Waals surface area contributed by atoms with E-state index in [1.807, 2.05) is 6.07 Å². The molecule has 1 aromatic rings. The van der Waals surface area contributed by atoms with Crippen LogP contribution < -0.4 is 10.4 Å². The fourth-order valence-corrected chi connectivity index (χ4v) is 4.37. The van der Waals surface area contributed by atoms with Crippen molar-refractivity contribution in [3.63, 3.8) is 0 Å². The van der Waals surface area contributed by atoms with Gasteiger partial charge in [-0.3, -0.25) is 0 Å². The van der Waals surface area contributed by atoms with E-state index in [1.165, 1.54) is 12.8 Å². The molecule has 1 N–H and O–H groups in total. The van der Waals surface area contributed by atoms with E-state index in [0.29, 0.717) is 23.8 Å². The van der Waals surface area contributed by atoms with Crippen LogP contribution in [0.25, 0.3) is 0 Å². The van der Waals surface area contributed by atoms with E-state index in [9.17, 15) is 9.90 Å². The van der Waals surface area contributed by atoms with E-state index in [0.717, 1.165) is 24.1 Å². The number of carboxylic acids is 1. The fraction of sp³-hybridized carbons (Fsp3) is 0.421. The monoisotopic (exact) mass is 294 g/mol. The van der Waals surface area contributed by atoms with Crippen LogP contribution in [0.5, 0.6) is 0 Å². The van der Waals surface area contributed by atoms with Gasteiger partial charge in [-0.25, -0.2) is 0 Å². The predicted molar refractivity (Wildman–Crippen MR) is 84.7 cm³/mol. The average molecular weight is 294 g/mol. The van der Waals surface area contributed by atoms with Crippen LogP contribution in [0.4, 0.5) is 5.69 Å². The van der Waals surface area contributed by atoms with Crippen molar-refractivity contribution in [1.82, 2.24) is 0 Å². The number of carbonyl (C=O) groups excluding carboxylic acids is 1. The van der Waals surface area contributed by atoms with Crippen LogP contribution in [-0.4, -0.2) is 12.0 Å². The standard InChI is InChI=1S/C19H21NO2/c21-19(22)13-9-10-17-16(11-13)14-7-4-8-15(14)18(20-17)12-5-2-1-3-6-12/h1-2,4,7,9-12,14-15,18,20H,3,5-6,8H2,(H,21,22)/p-1/t12-,14-,15+,18-/m0/s1. The quantitative estimate of drug-likeness (QED) is 0.853. The highest BCUT2D eigenvalue weighted by atomic mass is 16.4. The summed E-state index contributed by atoms with van der Waals surface area (Å²) in [6.45, 7) is 0. The van der Waals surface area contributed by atoms with Gasteiger partial charge >= 0.3 is 0 Å². The van der Waals surface area contributed by atoms with Crippen molar-refractivity contribution in [2.24, 2.45) is 11.8 Å². The van der Waals surface area contributed by atoms with Crippen LogP contribution >= 0.6 is 0 Å². The van der Waals surface area contributed by atoms with E-state index in [2.05, 4.69) is 29.6 Å². The van der Waals surface area contributed by atoms with Crippen LogP contribution in [-0.2, 0) is 0 Å². The zero-order valence-corrected chi connectivity index (χ0v) is 12.5. The predicted octanol–water partition coefficient (Wildman–Crippen LogP) is 2.86. The molecular weight excluding hydrogens is 274 g/mol. The molecule has 2 aliphatic carbocycles. The van der Waals surface area contributed by atoms with Gasteiger partial charge in [0.2, 0.25) is 0 Å². The van der Waals surface area contributed by atoms with Gasteiger partial charge < -0.3 is 15.2 Å². The number of fused-ring (bicyclic) bond motifs is 3. The molecule has 3 aliphatic rings. The van der Waals surface area contributed by atoms with Crippen LogP contribution in [0.2, 0.25) is 0 Å². The van der Waals surface area contributed by atoms with Crippen LogP contribution in [0.3, 0.4) is 0 Å². The molecule has 0 aromatic heterocycles. The number of rotatable bonds is 2. The number of hydrogen-bond donors (Lipinski definition) is 1. The maximum absolute atomic E-state index is 11.1. The first-order valence-electron chi connectivity index (χ1n) is 8.17. The molecule has 0 unspecified atom stereocenters.